The van der Waals surface area contributed by atoms with Gasteiger partial charge in [0.2, 0.25) is 5.91 Å². The highest BCUT2D eigenvalue weighted by Crippen LogP contribution is 2.45. The summed E-state index contributed by atoms with van der Waals surface area (Å²) in [6.07, 6.45) is 8.58. The molecule has 2 fully saturated rings. The average molecular weight is 393 g/mol. The third-order valence-corrected chi connectivity index (χ3v) is 6.10. The Morgan fingerprint density at radius 1 is 1.31 bits per heavy atom. The number of carbonyl (C=O) groups excluding carboxylic acids is 1. The van der Waals surface area contributed by atoms with E-state index in [9.17, 15) is 4.79 Å². The summed E-state index contributed by atoms with van der Waals surface area (Å²) in [5.41, 5.74) is 5.09. The highest BCUT2D eigenvalue weighted by Gasteiger charge is 2.38. The molecule has 6 heteroatoms. The summed E-state index contributed by atoms with van der Waals surface area (Å²) in [7, 11) is 0. The van der Waals surface area contributed by atoms with Gasteiger partial charge in [-0.1, -0.05) is 13.5 Å². The number of allylic oxidation sites excluding steroid dienone is 1. The number of amides is 1. The molecule has 0 radical (unpaired) electrons. The number of aromatic nitrogens is 2. The molecular weight excluding hydrogens is 364 g/mol. The van der Waals surface area contributed by atoms with Gasteiger partial charge in [0.25, 0.3) is 0 Å². The summed E-state index contributed by atoms with van der Waals surface area (Å²) in [5.74, 6) is 1.25. The van der Waals surface area contributed by atoms with E-state index in [4.69, 9.17) is 4.74 Å². The van der Waals surface area contributed by atoms with Gasteiger partial charge in [0.15, 0.2) is 0 Å². The quantitative estimate of drug-likeness (QED) is 0.815. The molecule has 1 aromatic carbocycles. The Balaban J connectivity index is 1.56. The van der Waals surface area contributed by atoms with Crippen molar-refractivity contribution in [2.24, 2.45) is 5.92 Å². The van der Waals surface area contributed by atoms with Gasteiger partial charge in [-0.25, -0.2) is 0 Å². The Hall–Kier alpha value is -2.60. The molecular formula is C23H28N4O2. The fourth-order valence-electron chi connectivity index (χ4n) is 4.14. The normalized spacial score (nSPS) is 19.1. The van der Waals surface area contributed by atoms with Crippen LogP contribution in [0.1, 0.15) is 44.2 Å². The van der Waals surface area contributed by atoms with Crippen LogP contribution < -0.4 is 15.0 Å². The molecule has 6 nitrogen and oxygen atoms in total. The van der Waals surface area contributed by atoms with Gasteiger partial charge in [-0.15, -0.1) is 0 Å². The van der Waals surface area contributed by atoms with Crippen LogP contribution in [0.2, 0.25) is 0 Å². The van der Waals surface area contributed by atoms with E-state index in [2.05, 4.69) is 42.2 Å². The van der Waals surface area contributed by atoms with Crippen LogP contribution in [-0.2, 0) is 11.2 Å². The third kappa shape index (κ3) is 3.25. The SMILES string of the molecule is C=C1CCc2c(ccc(-c3cnn(C4CNC4)c3)c2OCCC)N1C(=O)C1CC1. The molecule has 3 aliphatic rings. The molecule has 2 aliphatic heterocycles. The number of ether oxygens (including phenoxy) is 1. The van der Waals surface area contributed by atoms with E-state index in [1.807, 2.05) is 15.8 Å². The minimum atomic E-state index is 0.159. The lowest BCUT2D eigenvalue weighted by molar-refractivity contribution is -0.119. The first-order valence-electron chi connectivity index (χ1n) is 10.7. The van der Waals surface area contributed by atoms with E-state index in [1.54, 1.807) is 0 Å². The van der Waals surface area contributed by atoms with E-state index in [-0.39, 0.29) is 11.8 Å². The van der Waals surface area contributed by atoms with Gasteiger partial charge < -0.3 is 10.1 Å². The maximum absolute atomic E-state index is 12.9. The first kappa shape index (κ1) is 18.4. The summed E-state index contributed by atoms with van der Waals surface area (Å²) in [5, 5.41) is 7.87. The largest absolute Gasteiger partial charge is 0.493 e. The van der Waals surface area contributed by atoms with Crippen molar-refractivity contribution in [2.45, 2.75) is 45.1 Å². The maximum atomic E-state index is 12.9. The van der Waals surface area contributed by atoms with Gasteiger partial charge in [0.1, 0.15) is 5.75 Å². The van der Waals surface area contributed by atoms with Gasteiger partial charge in [-0.3, -0.25) is 14.4 Å². The molecule has 1 N–H and O–H groups in total. The Morgan fingerprint density at radius 3 is 2.83 bits per heavy atom. The minimum absolute atomic E-state index is 0.159. The second-order valence-corrected chi connectivity index (χ2v) is 8.32. The van der Waals surface area contributed by atoms with Crippen LogP contribution in [0, 0.1) is 5.92 Å². The van der Waals surface area contributed by atoms with E-state index >= 15 is 0 Å². The lowest BCUT2D eigenvalue weighted by Crippen LogP contribution is -2.43. The zero-order valence-corrected chi connectivity index (χ0v) is 17.0. The molecule has 1 aromatic heterocycles. The summed E-state index contributed by atoms with van der Waals surface area (Å²) < 4.78 is 8.31. The predicted octanol–water partition coefficient (Wildman–Crippen LogP) is 3.69. The Bertz CT molecular complexity index is 956. The molecule has 1 aliphatic carbocycles. The van der Waals surface area contributed by atoms with E-state index in [0.717, 1.165) is 79.0 Å². The van der Waals surface area contributed by atoms with Crippen molar-refractivity contribution < 1.29 is 9.53 Å². The predicted molar refractivity (Wildman–Crippen MR) is 113 cm³/mol. The van der Waals surface area contributed by atoms with Crippen LogP contribution in [0.5, 0.6) is 5.75 Å². The number of hydrogen-bond donors (Lipinski definition) is 1. The molecule has 1 saturated heterocycles. The second kappa shape index (κ2) is 7.34. The first-order valence-corrected chi connectivity index (χ1v) is 10.7. The maximum Gasteiger partial charge on any atom is 0.234 e. The van der Waals surface area contributed by atoms with Crippen molar-refractivity contribution >= 4 is 11.6 Å². The topological polar surface area (TPSA) is 59.4 Å². The molecule has 0 atom stereocenters. The minimum Gasteiger partial charge on any atom is -0.493 e. The van der Waals surface area contributed by atoms with Gasteiger partial charge in [-0.2, -0.15) is 5.10 Å². The zero-order chi connectivity index (χ0) is 20.0. The monoisotopic (exact) mass is 392 g/mol. The summed E-state index contributed by atoms with van der Waals surface area (Å²) >= 11 is 0. The number of anilines is 1. The fraction of sp³-hybridized carbons (Fsp3) is 0.478. The number of benzene rings is 1. The first-order chi connectivity index (χ1) is 14.2. The molecule has 3 heterocycles. The Kier molecular flexibility index (Phi) is 4.66. The average Bonchev–Trinajstić information content (AvgIpc) is 3.43. The smallest absolute Gasteiger partial charge is 0.234 e. The second-order valence-electron chi connectivity index (χ2n) is 8.32. The summed E-state index contributed by atoms with van der Waals surface area (Å²) in [6.45, 7) is 8.87. The molecule has 0 unspecified atom stereocenters. The van der Waals surface area contributed by atoms with Crippen LogP contribution in [0.15, 0.2) is 36.8 Å². The molecule has 0 spiro atoms. The molecule has 1 saturated carbocycles. The van der Waals surface area contributed by atoms with Crippen LogP contribution >= 0.6 is 0 Å². The van der Waals surface area contributed by atoms with E-state index in [1.165, 1.54) is 0 Å². The summed E-state index contributed by atoms with van der Waals surface area (Å²) in [4.78, 5) is 14.8. The number of nitrogens with zero attached hydrogens (tertiary/aromatic N) is 3. The number of carbonyl (C=O) groups is 1. The number of hydrogen-bond acceptors (Lipinski definition) is 4. The molecule has 0 bridgehead atoms. The van der Waals surface area contributed by atoms with Crippen molar-refractivity contribution in [2.75, 3.05) is 24.6 Å². The highest BCUT2D eigenvalue weighted by atomic mass is 16.5. The standard InChI is InChI=1S/C23H28N4O2/c1-3-10-29-22-19(17-11-25-26(14-17)18-12-24-13-18)8-9-21-20(22)7-4-15(2)27(21)23(28)16-5-6-16/h8-9,11,14,16,18,24H,2-7,10,12-13H2,1H3. The Morgan fingerprint density at radius 2 is 2.14 bits per heavy atom. The van der Waals surface area contributed by atoms with Crippen LogP contribution in [0.3, 0.4) is 0 Å². The zero-order valence-electron chi connectivity index (χ0n) is 17.0. The molecule has 5 rings (SSSR count). The van der Waals surface area contributed by atoms with Gasteiger partial charge in [0, 0.05) is 47.6 Å². The van der Waals surface area contributed by atoms with Gasteiger partial charge in [-0.05, 0) is 44.2 Å². The number of rotatable bonds is 6. The van der Waals surface area contributed by atoms with Gasteiger partial charge in [0.05, 0.1) is 24.5 Å². The molecule has 152 valence electrons. The van der Waals surface area contributed by atoms with Crippen LogP contribution in [0.4, 0.5) is 5.69 Å². The van der Waals surface area contributed by atoms with Crippen LogP contribution in [-0.4, -0.2) is 35.4 Å². The van der Waals surface area contributed by atoms with Crippen molar-refractivity contribution in [3.8, 4) is 16.9 Å². The van der Waals surface area contributed by atoms with Crippen molar-refractivity contribution in [3.05, 3.63) is 42.4 Å². The van der Waals surface area contributed by atoms with Crippen LogP contribution in [0.25, 0.3) is 11.1 Å². The summed E-state index contributed by atoms with van der Waals surface area (Å²) in [6, 6.07) is 4.57. The molecule has 29 heavy (non-hydrogen) atoms. The van der Waals surface area contributed by atoms with E-state index in [0.29, 0.717) is 12.6 Å². The number of nitrogens with one attached hydrogen (secondary N) is 1. The Labute approximate surface area is 171 Å². The lowest BCUT2D eigenvalue weighted by atomic mass is 9.94. The number of fused-ring (bicyclic) bond motifs is 1. The van der Waals surface area contributed by atoms with Crippen molar-refractivity contribution in [1.82, 2.24) is 15.1 Å². The van der Waals surface area contributed by atoms with Crippen molar-refractivity contribution in [1.29, 1.82) is 0 Å². The molecule has 1 amide bonds. The highest BCUT2D eigenvalue weighted by molar-refractivity contribution is 6.01. The van der Waals surface area contributed by atoms with Crippen molar-refractivity contribution in [3.63, 3.8) is 0 Å². The third-order valence-electron chi connectivity index (χ3n) is 6.10. The van der Waals surface area contributed by atoms with Gasteiger partial charge >= 0.3 is 0 Å². The van der Waals surface area contributed by atoms with E-state index < -0.39 is 0 Å². The molecule has 2 aromatic rings. The fourth-order valence-corrected chi connectivity index (χ4v) is 4.14. The lowest BCUT2D eigenvalue weighted by Gasteiger charge is -2.33.